The van der Waals surface area contributed by atoms with Crippen LogP contribution in [0.3, 0.4) is 0 Å². The predicted molar refractivity (Wildman–Crippen MR) is 111 cm³/mol. The van der Waals surface area contributed by atoms with Gasteiger partial charge >= 0.3 is 0 Å². The average molecular weight is 437 g/mol. The van der Waals surface area contributed by atoms with E-state index in [2.05, 4.69) is 10.0 Å². The Morgan fingerprint density at radius 1 is 1.14 bits per heavy atom. The molecule has 3 aromatic rings. The van der Waals surface area contributed by atoms with Gasteiger partial charge in [-0.05, 0) is 53.9 Å². The molecule has 9 heteroatoms. The average Bonchev–Trinajstić information content (AvgIpc) is 3.20. The minimum atomic E-state index is -3.98. The molecule has 0 saturated carbocycles. The van der Waals surface area contributed by atoms with Crippen LogP contribution in [-0.2, 0) is 16.6 Å². The topological polar surface area (TPSA) is 84.5 Å². The van der Waals surface area contributed by atoms with Gasteiger partial charge in [-0.1, -0.05) is 17.7 Å². The Morgan fingerprint density at radius 3 is 2.54 bits per heavy atom. The lowest BCUT2D eigenvalue weighted by atomic mass is 10.2. The van der Waals surface area contributed by atoms with Gasteiger partial charge in [0.2, 0.25) is 0 Å². The van der Waals surface area contributed by atoms with Crippen LogP contribution in [0.4, 0.5) is 5.69 Å². The molecule has 0 aliphatic carbocycles. The molecule has 0 atom stereocenters. The number of rotatable bonds is 7. The van der Waals surface area contributed by atoms with Crippen LogP contribution in [0.1, 0.15) is 15.2 Å². The summed E-state index contributed by atoms with van der Waals surface area (Å²) in [5.41, 5.74) is 0.556. The summed E-state index contributed by atoms with van der Waals surface area (Å²) in [5, 5.41) is 4.70. The molecular weight excluding hydrogens is 420 g/mol. The first-order chi connectivity index (χ1) is 13.4. The highest BCUT2D eigenvalue weighted by Gasteiger charge is 2.20. The summed E-state index contributed by atoms with van der Waals surface area (Å²) >= 11 is 7.61. The maximum absolute atomic E-state index is 12.7. The summed E-state index contributed by atoms with van der Waals surface area (Å²) < 4.78 is 33.0. The first-order valence-electron chi connectivity index (χ1n) is 8.16. The van der Waals surface area contributed by atoms with Gasteiger partial charge < -0.3 is 10.1 Å². The van der Waals surface area contributed by atoms with E-state index >= 15 is 0 Å². The second kappa shape index (κ2) is 8.64. The number of carbonyl (C=O) groups is 1. The van der Waals surface area contributed by atoms with Gasteiger partial charge in [0, 0.05) is 16.1 Å². The minimum Gasteiger partial charge on any atom is -0.497 e. The summed E-state index contributed by atoms with van der Waals surface area (Å²) in [6.45, 7) is 0.366. The number of methoxy groups -OCH3 is 1. The van der Waals surface area contributed by atoms with Gasteiger partial charge in [-0.25, -0.2) is 8.42 Å². The normalized spacial score (nSPS) is 11.1. The fourth-order valence-corrected chi connectivity index (χ4v) is 4.63. The number of amides is 1. The molecule has 0 aliphatic heterocycles. The number of hydrogen-bond acceptors (Lipinski definition) is 5. The quantitative estimate of drug-likeness (QED) is 0.583. The second-order valence-electron chi connectivity index (χ2n) is 5.74. The van der Waals surface area contributed by atoms with Crippen LogP contribution in [0.15, 0.2) is 64.9 Å². The molecule has 0 spiro atoms. The molecule has 0 fully saturated rings. The zero-order valence-corrected chi connectivity index (χ0v) is 17.2. The van der Waals surface area contributed by atoms with E-state index in [-0.39, 0.29) is 21.4 Å². The lowest BCUT2D eigenvalue weighted by Gasteiger charge is -2.12. The number of sulfonamides is 1. The van der Waals surface area contributed by atoms with Gasteiger partial charge in [-0.15, -0.1) is 11.3 Å². The molecule has 1 heterocycles. The van der Waals surface area contributed by atoms with Crippen molar-refractivity contribution in [3.05, 3.63) is 75.4 Å². The zero-order valence-electron chi connectivity index (χ0n) is 14.8. The molecule has 0 saturated heterocycles. The first-order valence-corrected chi connectivity index (χ1v) is 10.9. The monoisotopic (exact) mass is 436 g/mol. The van der Waals surface area contributed by atoms with Gasteiger partial charge in [0.05, 0.1) is 18.7 Å². The Bertz CT molecular complexity index is 1070. The van der Waals surface area contributed by atoms with E-state index in [9.17, 15) is 13.2 Å². The summed E-state index contributed by atoms with van der Waals surface area (Å²) in [6.07, 6.45) is 0. The third-order valence-corrected chi connectivity index (χ3v) is 6.57. The summed E-state index contributed by atoms with van der Waals surface area (Å²) in [6, 6.07) is 14.3. The summed E-state index contributed by atoms with van der Waals surface area (Å²) in [4.78, 5) is 13.2. The van der Waals surface area contributed by atoms with Crippen molar-refractivity contribution in [2.45, 2.75) is 11.4 Å². The molecule has 1 amide bonds. The van der Waals surface area contributed by atoms with Crippen molar-refractivity contribution in [1.82, 2.24) is 5.32 Å². The van der Waals surface area contributed by atoms with Crippen LogP contribution < -0.4 is 14.8 Å². The molecule has 3 rings (SSSR count). The van der Waals surface area contributed by atoms with E-state index in [4.69, 9.17) is 16.3 Å². The number of hydrogen-bond donors (Lipinski definition) is 2. The molecule has 28 heavy (non-hydrogen) atoms. The Morgan fingerprint density at radius 2 is 1.89 bits per heavy atom. The van der Waals surface area contributed by atoms with Crippen molar-refractivity contribution in [2.24, 2.45) is 0 Å². The minimum absolute atomic E-state index is 0.0239. The Kier molecular flexibility index (Phi) is 6.23. The third-order valence-electron chi connectivity index (χ3n) is 3.83. The van der Waals surface area contributed by atoms with Gasteiger partial charge in [0.25, 0.3) is 15.9 Å². The first kappa shape index (κ1) is 20.2. The standard InChI is InChI=1S/C19H17ClN2O4S2/c1-26-15-7-5-14(6-8-15)22-28(24,25)18-11-13(4-9-17(18)20)19(23)21-12-16-3-2-10-27-16/h2-11,22H,12H2,1H3,(H,21,23). The smallest absolute Gasteiger partial charge is 0.263 e. The van der Waals surface area contributed by atoms with Gasteiger partial charge in [0.15, 0.2) is 0 Å². The number of halogens is 1. The predicted octanol–water partition coefficient (Wildman–Crippen LogP) is 4.14. The van der Waals surface area contributed by atoms with Crippen molar-refractivity contribution in [2.75, 3.05) is 11.8 Å². The van der Waals surface area contributed by atoms with Crippen LogP contribution in [0.5, 0.6) is 5.75 Å². The van der Waals surface area contributed by atoms with E-state index in [1.54, 1.807) is 24.3 Å². The molecule has 1 aromatic heterocycles. The van der Waals surface area contributed by atoms with Crippen LogP contribution in [-0.4, -0.2) is 21.4 Å². The van der Waals surface area contributed by atoms with Crippen LogP contribution in [0, 0.1) is 0 Å². The number of nitrogens with one attached hydrogen (secondary N) is 2. The maximum atomic E-state index is 12.7. The van der Waals surface area contributed by atoms with Crippen molar-refractivity contribution in [1.29, 1.82) is 0 Å². The third kappa shape index (κ3) is 4.83. The zero-order chi connectivity index (χ0) is 20.1. The molecule has 0 aliphatic rings. The van der Waals surface area contributed by atoms with Crippen LogP contribution in [0.25, 0.3) is 0 Å². The summed E-state index contributed by atoms with van der Waals surface area (Å²) in [7, 11) is -2.46. The fourth-order valence-electron chi connectivity index (χ4n) is 2.40. The SMILES string of the molecule is COc1ccc(NS(=O)(=O)c2cc(C(=O)NCc3cccs3)ccc2Cl)cc1. The number of anilines is 1. The molecule has 2 N–H and O–H groups in total. The molecule has 0 bridgehead atoms. The van der Waals surface area contributed by atoms with Crippen molar-refractivity contribution in [3.63, 3.8) is 0 Å². The van der Waals surface area contributed by atoms with E-state index in [1.165, 1.54) is 36.6 Å². The summed E-state index contributed by atoms with van der Waals surface area (Å²) in [5.74, 6) is 0.219. The molecule has 0 radical (unpaired) electrons. The van der Waals surface area contributed by atoms with Crippen LogP contribution in [0.2, 0.25) is 5.02 Å². The van der Waals surface area contributed by atoms with Crippen molar-refractivity contribution in [3.8, 4) is 5.75 Å². The number of thiophene rings is 1. The highest BCUT2D eigenvalue weighted by atomic mass is 35.5. The molecular formula is C19H17ClN2O4S2. The van der Waals surface area contributed by atoms with Crippen molar-refractivity contribution >= 4 is 44.6 Å². The molecule has 146 valence electrons. The van der Waals surface area contributed by atoms with Gasteiger partial charge in [0.1, 0.15) is 10.6 Å². The maximum Gasteiger partial charge on any atom is 0.263 e. The lowest BCUT2D eigenvalue weighted by molar-refractivity contribution is 0.0951. The Labute approximate surface area is 172 Å². The Balaban J connectivity index is 1.79. The van der Waals surface area contributed by atoms with E-state index in [1.807, 2.05) is 17.5 Å². The van der Waals surface area contributed by atoms with Crippen molar-refractivity contribution < 1.29 is 17.9 Å². The second-order valence-corrected chi connectivity index (χ2v) is 8.83. The fraction of sp³-hybridized carbons (Fsp3) is 0.105. The van der Waals surface area contributed by atoms with Crippen LogP contribution >= 0.6 is 22.9 Å². The largest absolute Gasteiger partial charge is 0.497 e. The number of benzene rings is 2. The van der Waals surface area contributed by atoms with E-state index < -0.39 is 10.0 Å². The molecule has 0 unspecified atom stereocenters. The Hall–Kier alpha value is -2.55. The van der Waals surface area contributed by atoms with Gasteiger partial charge in [-0.2, -0.15) is 0 Å². The molecule has 6 nitrogen and oxygen atoms in total. The lowest BCUT2D eigenvalue weighted by Crippen LogP contribution is -2.23. The molecule has 2 aromatic carbocycles. The number of ether oxygens (including phenoxy) is 1. The highest BCUT2D eigenvalue weighted by Crippen LogP contribution is 2.26. The van der Waals surface area contributed by atoms with E-state index in [0.29, 0.717) is 18.0 Å². The van der Waals surface area contributed by atoms with E-state index in [0.717, 1.165) is 4.88 Å². The highest BCUT2D eigenvalue weighted by molar-refractivity contribution is 7.92. The van der Waals surface area contributed by atoms with Gasteiger partial charge in [-0.3, -0.25) is 9.52 Å². The number of carbonyl (C=O) groups excluding carboxylic acids is 1.